The summed E-state index contributed by atoms with van der Waals surface area (Å²) in [6.45, 7) is 12.4. The van der Waals surface area contributed by atoms with Crippen molar-refractivity contribution in [3.8, 4) is 0 Å². The van der Waals surface area contributed by atoms with Gasteiger partial charge in [0.05, 0.1) is 19.4 Å². The summed E-state index contributed by atoms with van der Waals surface area (Å²) in [4.78, 5) is 4.78. The molecule has 0 aliphatic carbocycles. The SMILES string of the molecule is C=CC(N(CCO)CCO)N(CCCCCCCCCCCCCCCCCC)CCCCCCCCCCCCCCCCCC. The smallest absolute Gasteiger partial charge is 0.0813 e. The molecule has 0 saturated carbocycles. The third-order valence-electron chi connectivity index (χ3n) is 10.3. The highest BCUT2D eigenvalue weighted by atomic mass is 16.3. The van der Waals surface area contributed by atoms with Gasteiger partial charge in [-0.15, -0.1) is 6.58 Å². The summed E-state index contributed by atoms with van der Waals surface area (Å²) in [5, 5.41) is 19.3. The number of hydrogen-bond donors (Lipinski definition) is 2. The Balaban J connectivity index is 4.09. The van der Waals surface area contributed by atoms with E-state index in [0.29, 0.717) is 13.1 Å². The Hall–Kier alpha value is -0.420. The second-order valence-corrected chi connectivity index (χ2v) is 14.8. The lowest BCUT2D eigenvalue weighted by Crippen LogP contribution is -2.50. The van der Waals surface area contributed by atoms with Gasteiger partial charge >= 0.3 is 0 Å². The van der Waals surface area contributed by atoms with E-state index in [4.69, 9.17) is 0 Å². The number of aliphatic hydroxyl groups excluding tert-OH is 2. The van der Waals surface area contributed by atoms with Gasteiger partial charge in [0.2, 0.25) is 0 Å². The molecule has 0 bridgehead atoms. The number of aliphatic hydroxyl groups is 2. The van der Waals surface area contributed by atoms with E-state index in [2.05, 4.69) is 30.2 Å². The van der Waals surface area contributed by atoms with E-state index in [9.17, 15) is 10.2 Å². The molecule has 0 aromatic rings. The van der Waals surface area contributed by atoms with Gasteiger partial charge in [-0.3, -0.25) is 9.80 Å². The highest BCUT2D eigenvalue weighted by Gasteiger charge is 2.21. The molecule has 0 rings (SSSR count). The van der Waals surface area contributed by atoms with Gasteiger partial charge in [-0.25, -0.2) is 0 Å². The largest absolute Gasteiger partial charge is 0.395 e. The van der Waals surface area contributed by atoms with Crippen LogP contribution in [-0.4, -0.2) is 65.6 Å². The van der Waals surface area contributed by atoms with Crippen LogP contribution in [0.4, 0.5) is 0 Å². The fourth-order valence-corrected chi connectivity index (χ4v) is 7.26. The Bertz CT molecular complexity index is 544. The van der Waals surface area contributed by atoms with Crippen molar-refractivity contribution in [2.75, 3.05) is 39.4 Å². The average molecular weight is 665 g/mol. The van der Waals surface area contributed by atoms with Crippen LogP contribution in [0.5, 0.6) is 0 Å². The minimum Gasteiger partial charge on any atom is -0.395 e. The van der Waals surface area contributed by atoms with E-state index in [0.717, 1.165) is 13.1 Å². The molecular formula is C43H88N2O2. The zero-order chi connectivity index (χ0) is 34.3. The molecule has 4 nitrogen and oxygen atoms in total. The second-order valence-electron chi connectivity index (χ2n) is 14.8. The maximum absolute atomic E-state index is 9.66. The molecule has 4 heteroatoms. The predicted octanol–water partition coefficient (Wildman–Crippen LogP) is 12.6. The van der Waals surface area contributed by atoms with Crippen LogP contribution >= 0.6 is 0 Å². The molecule has 0 aromatic heterocycles. The summed E-state index contributed by atoms with van der Waals surface area (Å²) in [5.74, 6) is 0. The Kier molecular flexibility index (Phi) is 39.7. The molecule has 0 amide bonds. The van der Waals surface area contributed by atoms with Crippen molar-refractivity contribution in [2.24, 2.45) is 0 Å². The van der Waals surface area contributed by atoms with E-state index < -0.39 is 0 Å². The first-order chi connectivity index (χ1) is 23.2. The number of hydrogen-bond acceptors (Lipinski definition) is 4. The molecule has 0 aliphatic rings. The normalized spacial score (nSPS) is 12.5. The third-order valence-corrected chi connectivity index (χ3v) is 10.3. The standard InChI is InChI=1S/C43H88N2O2/c1-4-7-9-11-13-15-17-19-21-23-25-27-29-31-33-35-37-44(43(6-3)45(39-41-46)40-42-47)38-36-34-32-30-28-26-24-22-20-18-16-14-12-10-8-5-2/h6,43,46-47H,3-5,7-42H2,1-2H3. The van der Waals surface area contributed by atoms with Crippen LogP contribution in [0.1, 0.15) is 219 Å². The highest BCUT2D eigenvalue weighted by Crippen LogP contribution is 2.17. The van der Waals surface area contributed by atoms with Crippen molar-refractivity contribution in [2.45, 2.75) is 225 Å². The van der Waals surface area contributed by atoms with Gasteiger partial charge < -0.3 is 10.2 Å². The van der Waals surface area contributed by atoms with Crippen LogP contribution in [-0.2, 0) is 0 Å². The molecule has 0 aliphatic heterocycles. The lowest BCUT2D eigenvalue weighted by atomic mass is 10.0. The van der Waals surface area contributed by atoms with Crippen molar-refractivity contribution in [3.05, 3.63) is 12.7 Å². The summed E-state index contributed by atoms with van der Waals surface area (Å²) in [6.07, 6.45) is 46.9. The molecule has 1 atom stereocenters. The lowest BCUT2D eigenvalue weighted by Gasteiger charge is -2.38. The minimum atomic E-state index is 0.0991. The first-order valence-corrected chi connectivity index (χ1v) is 21.6. The van der Waals surface area contributed by atoms with Gasteiger partial charge in [0, 0.05) is 13.1 Å². The average Bonchev–Trinajstić information content (AvgIpc) is 3.08. The van der Waals surface area contributed by atoms with Gasteiger partial charge in [0.15, 0.2) is 0 Å². The van der Waals surface area contributed by atoms with E-state index in [-0.39, 0.29) is 19.4 Å². The Labute approximate surface area is 296 Å². The monoisotopic (exact) mass is 665 g/mol. The van der Waals surface area contributed by atoms with E-state index in [1.165, 1.54) is 205 Å². The maximum atomic E-state index is 9.66. The molecule has 282 valence electrons. The quantitative estimate of drug-likeness (QED) is 0.0388. The Morgan fingerprint density at radius 3 is 0.787 bits per heavy atom. The van der Waals surface area contributed by atoms with Crippen molar-refractivity contribution in [3.63, 3.8) is 0 Å². The van der Waals surface area contributed by atoms with Crippen LogP contribution in [0.25, 0.3) is 0 Å². The van der Waals surface area contributed by atoms with E-state index >= 15 is 0 Å². The Morgan fingerprint density at radius 1 is 0.362 bits per heavy atom. The van der Waals surface area contributed by atoms with Gasteiger partial charge in [-0.1, -0.05) is 213 Å². The molecule has 0 fully saturated rings. The van der Waals surface area contributed by atoms with Crippen molar-refractivity contribution < 1.29 is 10.2 Å². The summed E-state index contributed by atoms with van der Waals surface area (Å²) >= 11 is 0. The zero-order valence-electron chi connectivity index (χ0n) is 32.5. The molecular weight excluding hydrogens is 576 g/mol. The fraction of sp³-hybridized carbons (Fsp3) is 0.953. The predicted molar refractivity (Wildman–Crippen MR) is 210 cm³/mol. The molecule has 0 saturated heterocycles. The van der Waals surface area contributed by atoms with Gasteiger partial charge in [0.25, 0.3) is 0 Å². The van der Waals surface area contributed by atoms with Crippen LogP contribution < -0.4 is 0 Å². The van der Waals surface area contributed by atoms with Crippen LogP contribution in [0.15, 0.2) is 12.7 Å². The van der Waals surface area contributed by atoms with Gasteiger partial charge in [0.1, 0.15) is 0 Å². The summed E-state index contributed by atoms with van der Waals surface area (Å²) in [6, 6.07) is 0. The second kappa shape index (κ2) is 40.0. The van der Waals surface area contributed by atoms with Gasteiger partial charge in [-0.2, -0.15) is 0 Å². The Morgan fingerprint density at radius 2 is 0.574 bits per heavy atom. The molecule has 2 N–H and O–H groups in total. The van der Waals surface area contributed by atoms with Crippen molar-refractivity contribution in [1.82, 2.24) is 9.80 Å². The molecule has 0 heterocycles. The number of rotatable bonds is 41. The molecule has 0 spiro atoms. The summed E-state index contributed by atoms with van der Waals surface area (Å²) in [7, 11) is 0. The van der Waals surface area contributed by atoms with Crippen LogP contribution in [0.3, 0.4) is 0 Å². The van der Waals surface area contributed by atoms with Crippen molar-refractivity contribution in [1.29, 1.82) is 0 Å². The molecule has 0 aromatic carbocycles. The first kappa shape index (κ1) is 46.6. The van der Waals surface area contributed by atoms with E-state index in [1.54, 1.807) is 0 Å². The molecule has 47 heavy (non-hydrogen) atoms. The zero-order valence-corrected chi connectivity index (χ0v) is 32.5. The fourth-order valence-electron chi connectivity index (χ4n) is 7.26. The molecule has 1 unspecified atom stereocenters. The molecule has 0 radical (unpaired) electrons. The summed E-state index contributed by atoms with van der Waals surface area (Å²) in [5.41, 5.74) is 0. The minimum absolute atomic E-state index is 0.0991. The van der Waals surface area contributed by atoms with Crippen molar-refractivity contribution >= 4 is 0 Å². The maximum Gasteiger partial charge on any atom is 0.0813 e. The third kappa shape index (κ3) is 32.5. The van der Waals surface area contributed by atoms with Gasteiger partial charge in [-0.05, 0) is 25.9 Å². The summed E-state index contributed by atoms with van der Waals surface area (Å²) < 4.78 is 0. The van der Waals surface area contributed by atoms with Crippen LogP contribution in [0.2, 0.25) is 0 Å². The van der Waals surface area contributed by atoms with E-state index in [1.807, 2.05) is 6.08 Å². The topological polar surface area (TPSA) is 46.9 Å². The number of nitrogens with zero attached hydrogens (tertiary/aromatic N) is 2. The highest BCUT2D eigenvalue weighted by molar-refractivity contribution is 4.88. The first-order valence-electron chi connectivity index (χ1n) is 21.6. The van der Waals surface area contributed by atoms with Crippen LogP contribution in [0, 0.1) is 0 Å². The lowest BCUT2D eigenvalue weighted by molar-refractivity contribution is 0.0457. The number of unbranched alkanes of at least 4 members (excludes halogenated alkanes) is 30.